The molecule has 1 saturated heterocycles. The normalized spacial score (nSPS) is 24.9. The molecule has 0 amide bonds. The molecule has 1 unspecified atom stereocenters. The lowest BCUT2D eigenvalue weighted by Crippen LogP contribution is -2.54. The minimum Gasteiger partial charge on any atom is -0.295 e. The summed E-state index contributed by atoms with van der Waals surface area (Å²) in [5, 5.41) is 0. The topological polar surface area (TPSA) is 3.24 Å². The van der Waals surface area contributed by atoms with E-state index in [0.29, 0.717) is 25.0 Å². The molecule has 0 aromatic heterocycles. The number of nitrogens with zero attached hydrogens (tertiary/aromatic N) is 1. The second kappa shape index (κ2) is 2.87. The maximum atomic E-state index is 12.3. The lowest BCUT2D eigenvalue weighted by molar-refractivity contribution is 0.0179. The molecule has 0 aliphatic carbocycles. The predicted molar refractivity (Wildman–Crippen MR) is 40.8 cm³/mol. The lowest BCUT2D eigenvalue weighted by Gasteiger charge is -2.40. The molecule has 0 saturated carbocycles. The highest BCUT2D eigenvalue weighted by atomic mass is 19.1. The SMILES string of the molecule is CC(C)C(C)N1CC(F)C1. The van der Waals surface area contributed by atoms with Gasteiger partial charge in [0.15, 0.2) is 0 Å². The van der Waals surface area contributed by atoms with E-state index in [1.807, 2.05) is 0 Å². The molecule has 0 N–H and O–H groups in total. The van der Waals surface area contributed by atoms with E-state index >= 15 is 0 Å². The van der Waals surface area contributed by atoms with E-state index in [1.165, 1.54) is 0 Å². The van der Waals surface area contributed by atoms with Crippen molar-refractivity contribution in [2.75, 3.05) is 13.1 Å². The zero-order chi connectivity index (χ0) is 7.72. The van der Waals surface area contributed by atoms with Gasteiger partial charge in [-0.1, -0.05) is 13.8 Å². The summed E-state index contributed by atoms with van der Waals surface area (Å²) in [6, 6.07) is 0.548. The summed E-state index contributed by atoms with van der Waals surface area (Å²) in [7, 11) is 0. The first-order valence-electron chi connectivity index (χ1n) is 3.99. The van der Waals surface area contributed by atoms with Gasteiger partial charge in [0.1, 0.15) is 6.17 Å². The van der Waals surface area contributed by atoms with E-state index in [2.05, 4.69) is 25.7 Å². The molecule has 1 fully saturated rings. The molecule has 60 valence electrons. The quantitative estimate of drug-likeness (QED) is 0.571. The molecule has 1 aliphatic rings. The Balaban J connectivity index is 2.24. The van der Waals surface area contributed by atoms with E-state index in [-0.39, 0.29) is 0 Å². The molecule has 0 aromatic rings. The van der Waals surface area contributed by atoms with Crippen molar-refractivity contribution in [1.82, 2.24) is 4.90 Å². The van der Waals surface area contributed by atoms with Gasteiger partial charge < -0.3 is 0 Å². The van der Waals surface area contributed by atoms with Gasteiger partial charge >= 0.3 is 0 Å². The molecule has 1 rings (SSSR count). The van der Waals surface area contributed by atoms with Crippen molar-refractivity contribution in [2.45, 2.75) is 33.0 Å². The van der Waals surface area contributed by atoms with E-state index in [9.17, 15) is 4.39 Å². The minimum atomic E-state index is -0.554. The Kier molecular flexibility index (Phi) is 2.29. The van der Waals surface area contributed by atoms with Gasteiger partial charge in [0.2, 0.25) is 0 Å². The highest BCUT2D eigenvalue weighted by Crippen LogP contribution is 2.19. The van der Waals surface area contributed by atoms with Crippen molar-refractivity contribution in [3.8, 4) is 0 Å². The van der Waals surface area contributed by atoms with Crippen LogP contribution in [0.15, 0.2) is 0 Å². The van der Waals surface area contributed by atoms with Gasteiger partial charge in [-0.2, -0.15) is 0 Å². The Morgan fingerprint density at radius 2 is 1.80 bits per heavy atom. The summed E-state index contributed by atoms with van der Waals surface area (Å²) in [6.07, 6.45) is -0.554. The number of rotatable bonds is 2. The smallest absolute Gasteiger partial charge is 0.125 e. The van der Waals surface area contributed by atoms with Gasteiger partial charge in [-0.25, -0.2) is 4.39 Å². The van der Waals surface area contributed by atoms with Crippen LogP contribution < -0.4 is 0 Å². The zero-order valence-corrected chi connectivity index (χ0v) is 6.97. The fraction of sp³-hybridized carbons (Fsp3) is 1.00. The van der Waals surface area contributed by atoms with E-state index in [1.54, 1.807) is 0 Å². The Morgan fingerprint density at radius 1 is 1.30 bits per heavy atom. The summed E-state index contributed by atoms with van der Waals surface area (Å²) < 4.78 is 12.3. The number of alkyl halides is 1. The Hall–Kier alpha value is -0.110. The molecule has 1 atom stereocenters. The van der Waals surface area contributed by atoms with Crippen LogP contribution in [0.5, 0.6) is 0 Å². The molecular weight excluding hydrogens is 129 g/mol. The third kappa shape index (κ3) is 1.48. The Labute approximate surface area is 62.2 Å². The summed E-state index contributed by atoms with van der Waals surface area (Å²) in [5.41, 5.74) is 0. The number of hydrogen-bond acceptors (Lipinski definition) is 1. The van der Waals surface area contributed by atoms with E-state index in [0.717, 1.165) is 0 Å². The predicted octanol–water partition coefficient (Wildman–Crippen LogP) is 1.68. The van der Waals surface area contributed by atoms with Gasteiger partial charge in [-0.05, 0) is 12.8 Å². The van der Waals surface area contributed by atoms with Gasteiger partial charge in [0.05, 0.1) is 0 Å². The highest BCUT2D eigenvalue weighted by molar-refractivity contribution is 4.84. The molecular formula is C8H16FN. The van der Waals surface area contributed by atoms with E-state index < -0.39 is 6.17 Å². The van der Waals surface area contributed by atoms with Crippen molar-refractivity contribution < 1.29 is 4.39 Å². The molecule has 10 heavy (non-hydrogen) atoms. The molecule has 0 aromatic carbocycles. The van der Waals surface area contributed by atoms with Crippen LogP contribution in [0.25, 0.3) is 0 Å². The van der Waals surface area contributed by atoms with Crippen LogP contribution in [0.4, 0.5) is 4.39 Å². The third-order valence-corrected chi connectivity index (χ3v) is 2.41. The van der Waals surface area contributed by atoms with Crippen molar-refractivity contribution in [1.29, 1.82) is 0 Å². The van der Waals surface area contributed by atoms with Crippen molar-refractivity contribution in [3.05, 3.63) is 0 Å². The molecule has 2 heteroatoms. The third-order valence-electron chi connectivity index (χ3n) is 2.41. The van der Waals surface area contributed by atoms with Crippen molar-refractivity contribution >= 4 is 0 Å². The summed E-state index contributed by atoms with van der Waals surface area (Å²) in [6.45, 7) is 7.82. The average molecular weight is 145 g/mol. The van der Waals surface area contributed by atoms with Crippen LogP contribution >= 0.6 is 0 Å². The second-order valence-electron chi connectivity index (χ2n) is 3.54. The largest absolute Gasteiger partial charge is 0.295 e. The Morgan fingerprint density at radius 3 is 2.10 bits per heavy atom. The number of halogens is 1. The van der Waals surface area contributed by atoms with Crippen LogP contribution in [0.3, 0.4) is 0 Å². The summed E-state index contributed by atoms with van der Waals surface area (Å²) >= 11 is 0. The van der Waals surface area contributed by atoms with Crippen LogP contribution in [-0.4, -0.2) is 30.2 Å². The molecule has 1 heterocycles. The van der Waals surface area contributed by atoms with Crippen LogP contribution in [0.1, 0.15) is 20.8 Å². The number of likely N-dealkylation sites (tertiary alicyclic amines) is 1. The first kappa shape index (κ1) is 7.99. The zero-order valence-electron chi connectivity index (χ0n) is 6.97. The molecule has 1 nitrogen and oxygen atoms in total. The van der Waals surface area contributed by atoms with Gasteiger partial charge in [0.25, 0.3) is 0 Å². The number of hydrogen-bond donors (Lipinski definition) is 0. The van der Waals surface area contributed by atoms with Crippen molar-refractivity contribution in [2.24, 2.45) is 5.92 Å². The Bertz CT molecular complexity index is 108. The van der Waals surface area contributed by atoms with Gasteiger partial charge in [-0.15, -0.1) is 0 Å². The van der Waals surface area contributed by atoms with Gasteiger partial charge in [-0.3, -0.25) is 4.90 Å². The fourth-order valence-corrected chi connectivity index (χ4v) is 1.21. The standard InChI is InChI=1S/C8H16FN/c1-6(2)7(3)10-4-8(9)5-10/h6-8H,4-5H2,1-3H3. The first-order valence-corrected chi connectivity index (χ1v) is 3.99. The van der Waals surface area contributed by atoms with Gasteiger partial charge in [0, 0.05) is 19.1 Å². The van der Waals surface area contributed by atoms with Crippen LogP contribution in [-0.2, 0) is 0 Å². The molecule has 0 bridgehead atoms. The molecule has 0 radical (unpaired) electrons. The highest BCUT2D eigenvalue weighted by Gasteiger charge is 2.30. The van der Waals surface area contributed by atoms with Crippen molar-refractivity contribution in [3.63, 3.8) is 0 Å². The second-order valence-corrected chi connectivity index (χ2v) is 3.54. The monoisotopic (exact) mass is 145 g/mol. The fourth-order valence-electron chi connectivity index (χ4n) is 1.21. The average Bonchev–Trinajstić information content (AvgIpc) is 1.79. The molecule has 0 spiro atoms. The maximum Gasteiger partial charge on any atom is 0.125 e. The van der Waals surface area contributed by atoms with E-state index in [4.69, 9.17) is 0 Å². The summed E-state index contributed by atoms with van der Waals surface area (Å²) in [4.78, 5) is 2.19. The van der Waals surface area contributed by atoms with Crippen LogP contribution in [0.2, 0.25) is 0 Å². The first-order chi connectivity index (χ1) is 4.61. The maximum absolute atomic E-state index is 12.3. The molecule has 1 aliphatic heterocycles. The van der Waals surface area contributed by atoms with Crippen LogP contribution in [0, 0.1) is 5.92 Å². The minimum absolute atomic E-state index is 0.548. The summed E-state index contributed by atoms with van der Waals surface area (Å²) in [5.74, 6) is 0.646. The lowest BCUT2D eigenvalue weighted by atomic mass is 10.0.